The van der Waals surface area contributed by atoms with E-state index in [4.69, 9.17) is 9.26 Å². The Morgan fingerprint density at radius 1 is 1.23 bits per heavy atom. The van der Waals surface area contributed by atoms with Crippen LogP contribution in [0.5, 0.6) is 0 Å². The Labute approximate surface area is 152 Å². The average Bonchev–Trinajstić information content (AvgIpc) is 3.37. The van der Waals surface area contributed by atoms with Gasteiger partial charge in [0.05, 0.1) is 30.6 Å². The van der Waals surface area contributed by atoms with Gasteiger partial charge < -0.3 is 9.26 Å². The van der Waals surface area contributed by atoms with Crippen LogP contribution in [0.25, 0.3) is 5.69 Å². The quantitative estimate of drug-likeness (QED) is 0.679. The van der Waals surface area contributed by atoms with Crippen molar-refractivity contribution in [3.8, 4) is 5.69 Å². The second kappa shape index (κ2) is 7.39. The lowest BCUT2D eigenvalue weighted by molar-refractivity contribution is 0.0451. The Morgan fingerprint density at radius 2 is 2.08 bits per heavy atom. The zero-order valence-electron chi connectivity index (χ0n) is 15.1. The van der Waals surface area contributed by atoms with E-state index in [1.807, 2.05) is 48.9 Å². The van der Waals surface area contributed by atoms with Crippen LogP contribution in [0.4, 0.5) is 0 Å². The van der Waals surface area contributed by atoms with Crippen LogP contribution in [0.2, 0.25) is 0 Å². The van der Waals surface area contributed by atoms with Gasteiger partial charge in [-0.25, -0.2) is 9.67 Å². The molecule has 0 aliphatic carbocycles. The predicted molar refractivity (Wildman–Crippen MR) is 95.8 cm³/mol. The Bertz CT molecular complexity index is 838. The van der Waals surface area contributed by atoms with Gasteiger partial charge >= 0.3 is 0 Å². The molecule has 1 fully saturated rings. The molecular formula is C19H23N5O2. The summed E-state index contributed by atoms with van der Waals surface area (Å²) in [5, 5.41) is 8.35. The maximum Gasteiger partial charge on any atom is 0.146 e. The zero-order valence-corrected chi connectivity index (χ0v) is 15.1. The Kier molecular flexibility index (Phi) is 4.81. The van der Waals surface area contributed by atoms with Crippen LogP contribution < -0.4 is 0 Å². The molecule has 0 radical (unpaired) electrons. The monoisotopic (exact) mass is 353 g/mol. The number of para-hydroxylation sites is 1. The summed E-state index contributed by atoms with van der Waals surface area (Å²) in [5.74, 6) is 1.79. The fourth-order valence-electron chi connectivity index (χ4n) is 3.34. The predicted octanol–water partition coefficient (Wildman–Crippen LogP) is 2.66. The summed E-state index contributed by atoms with van der Waals surface area (Å²) in [5.41, 5.74) is 3.01. The first-order chi connectivity index (χ1) is 12.7. The van der Waals surface area contributed by atoms with Crippen LogP contribution in [0.1, 0.15) is 29.3 Å². The van der Waals surface area contributed by atoms with Crippen molar-refractivity contribution < 1.29 is 9.26 Å². The van der Waals surface area contributed by atoms with E-state index in [0.717, 1.165) is 54.6 Å². The van der Waals surface area contributed by atoms with E-state index in [0.29, 0.717) is 6.61 Å². The van der Waals surface area contributed by atoms with Gasteiger partial charge in [-0.1, -0.05) is 23.4 Å². The van der Waals surface area contributed by atoms with Crippen molar-refractivity contribution in [2.75, 3.05) is 13.1 Å². The number of ether oxygens (including phenoxy) is 1. The Balaban J connectivity index is 1.35. The standard InChI is InChI=1S/C19H23N5O2/c1-14-18(15(2)26-22-14)12-25-17-8-9-23(10-17)11-19-20-13-21-24(19)16-6-4-3-5-7-16/h3-7,13,17H,8-12H2,1-2H3. The van der Waals surface area contributed by atoms with Crippen LogP contribution in [-0.4, -0.2) is 44.0 Å². The molecule has 1 saturated heterocycles. The lowest BCUT2D eigenvalue weighted by atomic mass is 10.2. The van der Waals surface area contributed by atoms with Gasteiger partial charge in [0.1, 0.15) is 17.9 Å². The molecule has 26 heavy (non-hydrogen) atoms. The molecule has 1 unspecified atom stereocenters. The van der Waals surface area contributed by atoms with Crippen LogP contribution in [0.3, 0.4) is 0 Å². The normalized spacial score (nSPS) is 17.8. The molecule has 0 N–H and O–H groups in total. The van der Waals surface area contributed by atoms with Gasteiger partial charge in [0, 0.05) is 18.7 Å². The van der Waals surface area contributed by atoms with Gasteiger partial charge in [-0.3, -0.25) is 4.90 Å². The molecule has 1 atom stereocenters. The SMILES string of the molecule is Cc1noc(C)c1COC1CCN(Cc2ncnn2-c2ccccc2)C1. The van der Waals surface area contributed by atoms with Crippen molar-refractivity contribution in [2.45, 2.75) is 39.5 Å². The molecule has 0 bridgehead atoms. The molecule has 4 rings (SSSR count). The van der Waals surface area contributed by atoms with Crippen LogP contribution in [0.15, 0.2) is 41.2 Å². The highest BCUT2D eigenvalue weighted by Gasteiger charge is 2.25. The second-order valence-electron chi connectivity index (χ2n) is 6.68. The van der Waals surface area contributed by atoms with E-state index >= 15 is 0 Å². The van der Waals surface area contributed by atoms with E-state index in [2.05, 4.69) is 20.1 Å². The molecule has 1 aromatic carbocycles. The fourth-order valence-corrected chi connectivity index (χ4v) is 3.34. The number of nitrogens with zero attached hydrogens (tertiary/aromatic N) is 5. The summed E-state index contributed by atoms with van der Waals surface area (Å²) in [4.78, 5) is 6.80. The van der Waals surface area contributed by atoms with Gasteiger partial charge in [0.25, 0.3) is 0 Å². The molecule has 3 heterocycles. The molecule has 0 saturated carbocycles. The molecule has 0 amide bonds. The van der Waals surface area contributed by atoms with Crippen LogP contribution in [-0.2, 0) is 17.9 Å². The number of aromatic nitrogens is 4. The highest BCUT2D eigenvalue weighted by molar-refractivity contribution is 5.30. The van der Waals surface area contributed by atoms with E-state index in [9.17, 15) is 0 Å². The minimum absolute atomic E-state index is 0.219. The molecule has 1 aliphatic heterocycles. The number of hydrogen-bond donors (Lipinski definition) is 0. The molecule has 0 spiro atoms. The molecular weight excluding hydrogens is 330 g/mol. The summed E-state index contributed by atoms with van der Waals surface area (Å²) < 4.78 is 13.2. The third-order valence-corrected chi connectivity index (χ3v) is 4.86. The molecule has 7 heteroatoms. The van der Waals surface area contributed by atoms with Crippen molar-refractivity contribution in [3.05, 3.63) is 59.5 Å². The summed E-state index contributed by atoms with van der Waals surface area (Å²) in [6.07, 6.45) is 2.85. The molecule has 2 aromatic heterocycles. The van der Waals surface area contributed by atoms with Crippen molar-refractivity contribution >= 4 is 0 Å². The van der Waals surface area contributed by atoms with Gasteiger partial charge in [0.2, 0.25) is 0 Å². The zero-order chi connectivity index (χ0) is 17.9. The molecule has 1 aliphatic rings. The van der Waals surface area contributed by atoms with E-state index in [-0.39, 0.29) is 6.10 Å². The first-order valence-electron chi connectivity index (χ1n) is 8.90. The smallest absolute Gasteiger partial charge is 0.146 e. The minimum atomic E-state index is 0.219. The van der Waals surface area contributed by atoms with Crippen LogP contribution >= 0.6 is 0 Å². The highest BCUT2D eigenvalue weighted by Crippen LogP contribution is 2.20. The van der Waals surface area contributed by atoms with E-state index in [1.165, 1.54) is 0 Å². The van der Waals surface area contributed by atoms with Crippen molar-refractivity contribution in [2.24, 2.45) is 0 Å². The number of likely N-dealkylation sites (tertiary alicyclic amines) is 1. The fraction of sp³-hybridized carbons (Fsp3) is 0.421. The number of aryl methyl sites for hydroxylation is 2. The second-order valence-corrected chi connectivity index (χ2v) is 6.68. The molecule has 7 nitrogen and oxygen atoms in total. The number of hydrogen-bond acceptors (Lipinski definition) is 6. The van der Waals surface area contributed by atoms with Crippen molar-refractivity contribution in [3.63, 3.8) is 0 Å². The summed E-state index contributed by atoms with van der Waals surface area (Å²) in [6, 6.07) is 10.1. The topological polar surface area (TPSA) is 69.2 Å². The Hall–Kier alpha value is -2.51. The molecule has 136 valence electrons. The van der Waals surface area contributed by atoms with Gasteiger partial charge in [-0.2, -0.15) is 5.10 Å². The van der Waals surface area contributed by atoms with Crippen LogP contribution in [0, 0.1) is 13.8 Å². The largest absolute Gasteiger partial charge is 0.372 e. The third kappa shape index (κ3) is 3.54. The third-order valence-electron chi connectivity index (χ3n) is 4.86. The Morgan fingerprint density at radius 3 is 2.85 bits per heavy atom. The van der Waals surface area contributed by atoms with Crippen molar-refractivity contribution in [1.82, 2.24) is 24.8 Å². The van der Waals surface area contributed by atoms with Gasteiger partial charge in [-0.05, 0) is 32.4 Å². The lowest BCUT2D eigenvalue weighted by Crippen LogP contribution is -2.24. The minimum Gasteiger partial charge on any atom is -0.372 e. The highest BCUT2D eigenvalue weighted by atomic mass is 16.5. The lowest BCUT2D eigenvalue weighted by Gasteiger charge is -2.16. The van der Waals surface area contributed by atoms with Crippen molar-refractivity contribution in [1.29, 1.82) is 0 Å². The summed E-state index contributed by atoms with van der Waals surface area (Å²) in [6.45, 7) is 7.08. The first-order valence-corrected chi connectivity index (χ1v) is 8.90. The number of benzene rings is 1. The maximum atomic E-state index is 6.09. The average molecular weight is 353 g/mol. The van der Waals surface area contributed by atoms with E-state index < -0.39 is 0 Å². The molecule has 3 aromatic rings. The van der Waals surface area contributed by atoms with Gasteiger partial charge in [0.15, 0.2) is 0 Å². The maximum absolute atomic E-state index is 6.09. The van der Waals surface area contributed by atoms with Gasteiger partial charge in [-0.15, -0.1) is 0 Å². The number of rotatable bonds is 6. The van der Waals surface area contributed by atoms with E-state index in [1.54, 1.807) is 6.33 Å². The summed E-state index contributed by atoms with van der Waals surface area (Å²) >= 11 is 0. The summed E-state index contributed by atoms with van der Waals surface area (Å²) in [7, 11) is 0. The first kappa shape index (κ1) is 16.9.